The summed E-state index contributed by atoms with van der Waals surface area (Å²) in [6, 6.07) is 13.7. The van der Waals surface area contributed by atoms with Crippen molar-refractivity contribution in [2.45, 2.75) is 24.8 Å². The Balaban J connectivity index is 1.44. The Bertz CT molecular complexity index is 1490. The molecule has 0 aliphatic carbocycles. The molecule has 1 fully saturated rings. The SMILES string of the molecule is Cc1cc(C(=O)N2CC3c4nn(C)c(Cl)c4C(=O)N[C@H]3[C@@H](c3ccccc3)C2)cc2c1ncn2C. The molecule has 4 heterocycles. The fourth-order valence-corrected chi connectivity index (χ4v) is 5.84. The number of halogens is 1. The van der Waals surface area contributed by atoms with Crippen molar-refractivity contribution >= 4 is 34.4 Å². The molecule has 0 saturated carbocycles. The Morgan fingerprint density at radius 3 is 2.63 bits per heavy atom. The minimum atomic E-state index is -0.211. The number of piperidine rings is 1. The predicted molar refractivity (Wildman–Crippen MR) is 133 cm³/mol. The average molecular weight is 489 g/mol. The maximum Gasteiger partial charge on any atom is 0.256 e. The van der Waals surface area contributed by atoms with Crippen LogP contribution in [0.2, 0.25) is 5.15 Å². The van der Waals surface area contributed by atoms with Crippen molar-refractivity contribution in [2.24, 2.45) is 14.1 Å². The summed E-state index contributed by atoms with van der Waals surface area (Å²) in [6.07, 6.45) is 1.76. The van der Waals surface area contributed by atoms with Crippen molar-refractivity contribution < 1.29 is 9.59 Å². The molecule has 2 aromatic heterocycles. The van der Waals surface area contributed by atoms with E-state index in [2.05, 4.69) is 27.5 Å². The number of aryl methyl sites for hydroxylation is 3. The van der Waals surface area contributed by atoms with E-state index in [-0.39, 0.29) is 29.7 Å². The van der Waals surface area contributed by atoms with Gasteiger partial charge in [0.2, 0.25) is 0 Å². The summed E-state index contributed by atoms with van der Waals surface area (Å²) in [4.78, 5) is 33.2. The van der Waals surface area contributed by atoms with Crippen molar-refractivity contribution in [2.75, 3.05) is 13.1 Å². The van der Waals surface area contributed by atoms with Crippen LogP contribution in [0.25, 0.3) is 11.0 Å². The van der Waals surface area contributed by atoms with E-state index in [1.807, 2.05) is 53.8 Å². The van der Waals surface area contributed by atoms with Crippen LogP contribution < -0.4 is 5.32 Å². The second-order valence-corrected chi connectivity index (χ2v) is 9.88. The van der Waals surface area contributed by atoms with Crippen LogP contribution >= 0.6 is 11.6 Å². The van der Waals surface area contributed by atoms with Crippen LogP contribution in [0.3, 0.4) is 0 Å². The van der Waals surface area contributed by atoms with E-state index >= 15 is 0 Å². The van der Waals surface area contributed by atoms with Crippen LogP contribution in [0.15, 0.2) is 48.8 Å². The van der Waals surface area contributed by atoms with E-state index in [1.165, 1.54) is 4.68 Å². The number of nitrogens with one attached hydrogen (secondary N) is 1. The van der Waals surface area contributed by atoms with E-state index in [1.54, 1.807) is 13.4 Å². The van der Waals surface area contributed by atoms with Crippen molar-refractivity contribution in [1.29, 1.82) is 0 Å². The quantitative estimate of drug-likeness (QED) is 0.468. The average Bonchev–Trinajstić information content (AvgIpc) is 3.38. The van der Waals surface area contributed by atoms with Crippen LogP contribution in [0, 0.1) is 6.92 Å². The van der Waals surface area contributed by atoms with Gasteiger partial charge >= 0.3 is 0 Å². The number of fused-ring (bicyclic) bond motifs is 4. The fraction of sp³-hybridized carbons (Fsp3) is 0.308. The van der Waals surface area contributed by atoms with Crippen LogP contribution in [0.1, 0.15) is 49.4 Å². The van der Waals surface area contributed by atoms with Gasteiger partial charge in [0.15, 0.2) is 0 Å². The summed E-state index contributed by atoms with van der Waals surface area (Å²) >= 11 is 6.43. The number of hydrogen-bond donors (Lipinski definition) is 1. The second kappa shape index (κ2) is 7.95. The van der Waals surface area contributed by atoms with Crippen molar-refractivity contribution in [3.8, 4) is 0 Å². The number of rotatable bonds is 2. The second-order valence-electron chi connectivity index (χ2n) is 9.52. The van der Waals surface area contributed by atoms with Crippen LogP contribution in [0.4, 0.5) is 0 Å². The predicted octanol–water partition coefficient (Wildman–Crippen LogP) is 3.40. The molecule has 178 valence electrons. The van der Waals surface area contributed by atoms with Gasteiger partial charge in [-0.05, 0) is 30.2 Å². The summed E-state index contributed by atoms with van der Waals surface area (Å²) in [7, 11) is 3.66. The highest BCUT2D eigenvalue weighted by Crippen LogP contribution is 2.41. The third-order valence-electron chi connectivity index (χ3n) is 7.36. The zero-order valence-electron chi connectivity index (χ0n) is 19.7. The fourth-order valence-electron chi connectivity index (χ4n) is 5.62. The summed E-state index contributed by atoms with van der Waals surface area (Å²) in [6.45, 7) is 2.91. The normalized spacial score (nSPS) is 21.5. The van der Waals surface area contributed by atoms with E-state index in [0.717, 1.165) is 22.2 Å². The molecule has 0 radical (unpaired) electrons. The van der Waals surface area contributed by atoms with Gasteiger partial charge in [0.05, 0.1) is 28.6 Å². The molecule has 1 saturated heterocycles. The number of aromatic nitrogens is 4. The molecule has 8 nitrogen and oxygen atoms in total. The van der Waals surface area contributed by atoms with Crippen molar-refractivity contribution in [3.63, 3.8) is 0 Å². The molecule has 2 aromatic carbocycles. The zero-order chi connectivity index (χ0) is 24.4. The topological polar surface area (TPSA) is 85.1 Å². The van der Waals surface area contributed by atoms with Gasteiger partial charge < -0.3 is 14.8 Å². The van der Waals surface area contributed by atoms with E-state index in [0.29, 0.717) is 35.1 Å². The molecule has 2 aliphatic rings. The number of benzene rings is 2. The number of carbonyl (C=O) groups excluding carboxylic acids is 2. The van der Waals surface area contributed by atoms with Crippen molar-refractivity contribution in [1.82, 2.24) is 29.5 Å². The van der Waals surface area contributed by atoms with E-state index < -0.39 is 0 Å². The molecular formula is C26H25ClN6O2. The van der Waals surface area contributed by atoms with Gasteiger partial charge in [-0.25, -0.2) is 4.98 Å². The highest BCUT2D eigenvalue weighted by Gasteiger charge is 2.47. The van der Waals surface area contributed by atoms with Gasteiger partial charge in [0.1, 0.15) is 5.15 Å². The van der Waals surface area contributed by atoms with Gasteiger partial charge in [-0.1, -0.05) is 41.9 Å². The highest BCUT2D eigenvalue weighted by molar-refractivity contribution is 6.33. The lowest BCUT2D eigenvalue weighted by molar-refractivity contribution is 0.0622. The number of likely N-dealkylation sites (tertiary alicyclic amines) is 1. The molecule has 9 heteroatoms. The number of nitrogens with zero attached hydrogens (tertiary/aromatic N) is 5. The van der Waals surface area contributed by atoms with Gasteiger partial charge in [0.25, 0.3) is 11.8 Å². The van der Waals surface area contributed by atoms with Gasteiger partial charge in [0, 0.05) is 50.6 Å². The first-order valence-electron chi connectivity index (χ1n) is 11.6. The number of amides is 2. The molecule has 35 heavy (non-hydrogen) atoms. The van der Waals surface area contributed by atoms with Crippen LogP contribution in [-0.2, 0) is 14.1 Å². The highest BCUT2D eigenvalue weighted by atomic mass is 35.5. The minimum absolute atomic E-state index is 0.0453. The molecule has 0 spiro atoms. The van der Waals surface area contributed by atoms with Crippen LogP contribution in [0.5, 0.6) is 0 Å². The van der Waals surface area contributed by atoms with Crippen molar-refractivity contribution in [3.05, 3.63) is 81.9 Å². The Labute approximate surface area is 207 Å². The third-order valence-corrected chi connectivity index (χ3v) is 7.80. The zero-order valence-corrected chi connectivity index (χ0v) is 20.5. The molecule has 2 aliphatic heterocycles. The lowest BCUT2D eigenvalue weighted by Gasteiger charge is -2.45. The first kappa shape index (κ1) is 21.9. The van der Waals surface area contributed by atoms with E-state index in [4.69, 9.17) is 11.6 Å². The standard InChI is InChI=1S/C26H25ClN6O2/c1-14-9-16(10-19-21(14)28-13-31(19)2)26(35)33-11-17(15-7-5-4-6-8-15)22-18(12-33)23-20(25(34)29-22)24(27)32(3)30-23/h4-10,13,17-18,22H,11-12H2,1-3H3,(H,29,34)/t17-,18?,22+/m1/s1. The molecule has 1 unspecified atom stereocenters. The van der Waals surface area contributed by atoms with Gasteiger partial charge in [-0.15, -0.1) is 0 Å². The Morgan fingerprint density at radius 1 is 1.11 bits per heavy atom. The molecular weight excluding hydrogens is 464 g/mol. The Hall–Kier alpha value is -3.65. The number of carbonyl (C=O) groups is 2. The monoisotopic (exact) mass is 488 g/mol. The van der Waals surface area contributed by atoms with E-state index in [9.17, 15) is 9.59 Å². The van der Waals surface area contributed by atoms with Gasteiger partial charge in [-0.2, -0.15) is 5.10 Å². The Morgan fingerprint density at radius 2 is 1.86 bits per heavy atom. The minimum Gasteiger partial charge on any atom is -0.348 e. The molecule has 1 N–H and O–H groups in total. The molecule has 0 bridgehead atoms. The molecule has 6 rings (SSSR count). The third kappa shape index (κ3) is 3.35. The molecule has 3 atom stereocenters. The summed E-state index contributed by atoms with van der Waals surface area (Å²) < 4.78 is 3.46. The summed E-state index contributed by atoms with van der Waals surface area (Å²) in [5.41, 5.74) is 5.54. The molecule has 4 aromatic rings. The molecule has 2 amide bonds. The summed E-state index contributed by atoms with van der Waals surface area (Å²) in [5.74, 6) is -0.516. The maximum absolute atomic E-state index is 13.9. The lowest BCUT2D eigenvalue weighted by atomic mass is 9.75. The maximum atomic E-state index is 13.9. The Kier molecular flexibility index (Phi) is 4.96. The smallest absolute Gasteiger partial charge is 0.256 e. The number of imidazole rings is 1. The number of hydrogen-bond acceptors (Lipinski definition) is 4. The first-order chi connectivity index (χ1) is 16.8. The lowest BCUT2D eigenvalue weighted by Crippen LogP contribution is -2.58. The van der Waals surface area contributed by atoms with Crippen LogP contribution in [-0.4, -0.2) is 55.2 Å². The summed E-state index contributed by atoms with van der Waals surface area (Å²) in [5, 5.41) is 8.11. The van der Waals surface area contributed by atoms with Gasteiger partial charge in [-0.3, -0.25) is 14.3 Å². The largest absolute Gasteiger partial charge is 0.348 e. The first-order valence-corrected chi connectivity index (χ1v) is 12.0.